The predicted molar refractivity (Wildman–Crippen MR) is 124 cm³/mol. The Kier molecular flexibility index (Phi) is 7.98. The van der Waals surface area contributed by atoms with Crippen LogP contribution in [0.25, 0.3) is 0 Å². The number of nitrogens with one attached hydrogen (secondary N) is 2. The number of aromatic nitrogens is 2. The molecule has 2 amide bonds. The molecule has 166 valence electrons. The lowest BCUT2D eigenvalue weighted by Gasteiger charge is -2.18. The Morgan fingerprint density at radius 2 is 1.97 bits per heavy atom. The number of nitro groups is 1. The van der Waals surface area contributed by atoms with Gasteiger partial charge in [0.05, 0.1) is 11.5 Å². The van der Waals surface area contributed by atoms with Crippen molar-refractivity contribution in [3.05, 3.63) is 88.2 Å². The van der Waals surface area contributed by atoms with Crippen molar-refractivity contribution in [2.75, 3.05) is 17.3 Å². The second-order valence-electron chi connectivity index (χ2n) is 7.00. The molecule has 2 N–H and O–H groups in total. The van der Waals surface area contributed by atoms with Gasteiger partial charge in [-0.1, -0.05) is 18.2 Å². The molecule has 0 aliphatic rings. The topological polar surface area (TPSA) is 119 Å². The first-order valence-corrected chi connectivity index (χ1v) is 11.3. The van der Waals surface area contributed by atoms with Crippen molar-refractivity contribution < 1.29 is 14.5 Å². The van der Waals surface area contributed by atoms with Crippen LogP contribution < -0.4 is 10.6 Å². The molecule has 1 heterocycles. The molecule has 0 saturated carbocycles. The minimum atomic E-state index is -0.780. The number of thioether (sulfide) groups is 1. The van der Waals surface area contributed by atoms with Crippen molar-refractivity contribution in [2.24, 2.45) is 0 Å². The largest absolute Gasteiger partial charge is 0.340 e. The van der Waals surface area contributed by atoms with Crippen molar-refractivity contribution >= 4 is 35.0 Å². The number of rotatable bonds is 10. The summed E-state index contributed by atoms with van der Waals surface area (Å²) in [4.78, 5) is 35.9. The van der Waals surface area contributed by atoms with Gasteiger partial charge >= 0.3 is 0 Å². The lowest BCUT2D eigenvalue weighted by Crippen LogP contribution is -2.44. The van der Waals surface area contributed by atoms with Crippen LogP contribution in [0.3, 0.4) is 0 Å². The molecule has 1 atom stereocenters. The number of non-ortho nitro benzene ring substituents is 1. The van der Waals surface area contributed by atoms with Gasteiger partial charge in [-0.15, -0.1) is 0 Å². The standard InChI is InChI=1S/C22H23N5O4S/c1-32-13-10-20(25-21(28)17-4-2-5-19(14-17)27(30)31)22(29)24-18-8-6-16(7-9-18)15-26-12-3-11-23-26/h2-9,11-12,14,20H,10,13,15H2,1H3,(H,24,29)(H,25,28). The molecular formula is C22H23N5O4S. The predicted octanol–water partition coefficient (Wildman–Crippen LogP) is 3.33. The van der Waals surface area contributed by atoms with Crippen LogP contribution in [0.2, 0.25) is 0 Å². The fraction of sp³-hybridized carbons (Fsp3) is 0.227. The molecule has 32 heavy (non-hydrogen) atoms. The minimum Gasteiger partial charge on any atom is -0.340 e. The van der Waals surface area contributed by atoms with Gasteiger partial charge in [-0.25, -0.2) is 0 Å². The van der Waals surface area contributed by atoms with Gasteiger partial charge in [0.1, 0.15) is 6.04 Å². The van der Waals surface area contributed by atoms with Crippen LogP contribution >= 0.6 is 11.8 Å². The van der Waals surface area contributed by atoms with Crippen molar-refractivity contribution in [3.63, 3.8) is 0 Å². The molecule has 10 heteroatoms. The van der Waals surface area contributed by atoms with Gasteiger partial charge in [-0.05, 0) is 48.3 Å². The number of hydrogen-bond donors (Lipinski definition) is 2. The Hall–Kier alpha value is -3.66. The highest BCUT2D eigenvalue weighted by atomic mass is 32.2. The van der Waals surface area contributed by atoms with Crippen LogP contribution in [0.4, 0.5) is 11.4 Å². The summed E-state index contributed by atoms with van der Waals surface area (Å²) in [6, 6.07) is 13.9. The van der Waals surface area contributed by atoms with Gasteiger partial charge in [0, 0.05) is 35.8 Å². The summed E-state index contributed by atoms with van der Waals surface area (Å²) in [6.07, 6.45) is 5.92. The molecule has 0 fully saturated rings. The quantitative estimate of drug-likeness (QED) is 0.359. The summed E-state index contributed by atoms with van der Waals surface area (Å²) < 4.78 is 1.80. The molecule has 0 aliphatic heterocycles. The Labute approximate surface area is 189 Å². The highest BCUT2D eigenvalue weighted by Crippen LogP contribution is 2.15. The molecule has 9 nitrogen and oxygen atoms in total. The van der Waals surface area contributed by atoms with Crippen molar-refractivity contribution in [3.8, 4) is 0 Å². The molecular weight excluding hydrogens is 430 g/mol. The monoisotopic (exact) mass is 453 g/mol. The summed E-state index contributed by atoms with van der Waals surface area (Å²) in [5, 5.41) is 20.7. The fourth-order valence-corrected chi connectivity index (χ4v) is 3.48. The van der Waals surface area contributed by atoms with E-state index >= 15 is 0 Å². The number of amides is 2. The van der Waals surface area contributed by atoms with Crippen LogP contribution in [0.1, 0.15) is 22.3 Å². The van der Waals surface area contributed by atoms with Crippen LogP contribution in [-0.2, 0) is 11.3 Å². The van der Waals surface area contributed by atoms with E-state index < -0.39 is 16.9 Å². The van der Waals surface area contributed by atoms with Gasteiger partial charge in [0.15, 0.2) is 0 Å². The Bertz CT molecular complexity index is 1070. The second-order valence-corrected chi connectivity index (χ2v) is 7.99. The van der Waals surface area contributed by atoms with Crippen molar-refractivity contribution in [1.82, 2.24) is 15.1 Å². The summed E-state index contributed by atoms with van der Waals surface area (Å²) >= 11 is 1.56. The highest BCUT2D eigenvalue weighted by molar-refractivity contribution is 7.98. The zero-order chi connectivity index (χ0) is 22.9. The normalized spacial score (nSPS) is 11.5. The molecule has 0 radical (unpaired) electrons. The number of carbonyl (C=O) groups is 2. The van der Waals surface area contributed by atoms with Crippen LogP contribution in [0, 0.1) is 10.1 Å². The van der Waals surface area contributed by atoms with E-state index in [1.165, 1.54) is 24.3 Å². The third kappa shape index (κ3) is 6.42. The fourth-order valence-electron chi connectivity index (χ4n) is 3.01. The number of nitrogens with zero attached hydrogens (tertiary/aromatic N) is 3. The first-order chi connectivity index (χ1) is 15.5. The van der Waals surface area contributed by atoms with Gasteiger partial charge in [-0.2, -0.15) is 16.9 Å². The van der Waals surface area contributed by atoms with Gasteiger partial charge < -0.3 is 10.6 Å². The van der Waals surface area contributed by atoms with E-state index in [-0.39, 0.29) is 17.2 Å². The van der Waals surface area contributed by atoms with Crippen molar-refractivity contribution in [2.45, 2.75) is 19.0 Å². The molecule has 0 aliphatic carbocycles. The molecule has 2 aromatic carbocycles. The molecule has 0 bridgehead atoms. The first-order valence-electron chi connectivity index (χ1n) is 9.88. The summed E-state index contributed by atoms with van der Waals surface area (Å²) in [5.74, 6) is -0.224. The minimum absolute atomic E-state index is 0.129. The lowest BCUT2D eigenvalue weighted by molar-refractivity contribution is -0.384. The maximum absolute atomic E-state index is 12.8. The molecule has 3 rings (SSSR count). The third-order valence-corrected chi connectivity index (χ3v) is 5.32. The molecule has 0 spiro atoms. The van der Waals surface area contributed by atoms with E-state index in [4.69, 9.17) is 0 Å². The van der Waals surface area contributed by atoms with Crippen LogP contribution in [0.15, 0.2) is 67.0 Å². The average Bonchev–Trinajstić information content (AvgIpc) is 3.31. The van der Waals surface area contributed by atoms with Gasteiger partial charge in [-0.3, -0.25) is 24.4 Å². The second kappa shape index (κ2) is 11.1. The van der Waals surface area contributed by atoms with Gasteiger partial charge in [0.25, 0.3) is 11.6 Å². The Morgan fingerprint density at radius 1 is 1.19 bits per heavy atom. The SMILES string of the molecule is CSCCC(NC(=O)c1cccc([N+](=O)[O-])c1)C(=O)Nc1ccc(Cn2cccn2)cc1. The van der Waals surface area contributed by atoms with Crippen LogP contribution in [0.5, 0.6) is 0 Å². The molecule has 3 aromatic rings. The number of nitro benzene ring substituents is 1. The lowest BCUT2D eigenvalue weighted by atomic mass is 10.1. The highest BCUT2D eigenvalue weighted by Gasteiger charge is 2.22. The summed E-state index contributed by atoms with van der Waals surface area (Å²) in [7, 11) is 0. The zero-order valence-electron chi connectivity index (χ0n) is 17.4. The number of carbonyl (C=O) groups excluding carboxylic acids is 2. The Balaban J connectivity index is 1.65. The maximum atomic E-state index is 12.8. The van der Waals surface area contributed by atoms with E-state index in [0.717, 1.165) is 5.56 Å². The van der Waals surface area contributed by atoms with Gasteiger partial charge in [0.2, 0.25) is 5.91 Å². The summed E-state index contributed by atoms with van der Waals surface area (Å²) in [5.41, 5.74) is 1.59. The Morgan fingerprint density at radius 3 is 2.62 bits per heavy atom. The van der Waals surface area contributed by atoms with E-state index in [2.05, 4.69) is 15.7 Å². The average molecular weight is 454 g/mol. The van der Waals surface area contributed by atoms with E-state index in [0.29, 0.717) is 24.4 Å². The molecule has 0 saturated heterocycles. The third-order valence-electron chi connectivity index (χ3n) is 4.68. The molecule has 1 aromatic heterocycles. The zero-order valence-corrected chi connectivity index (χ0v) is 18.2. The van der Waals surface area contributed by atoms with Crippen LogP contribution in [-0.4, -0.2) is 44.6 Å². The number of benzene rings is 2. The maximum Gasteiger partial charge on any atom is 0.270 e. The number of hydrogen-bond acceptors (Lipinski definition) is 6. The van der Waals surface area contributed by atoms with E-state index in [9.17, 15) is 19.7 Å². The smallest absolute Gasteiger partial charge is 0.270 e. The van der Waals surface area contributed by atoms with E-state index in [1.807, 2.05) is 30.7 Å². The molecule has 1 unspecified atom stereocenters. The van der Waals surface area contributed by atoms with Crippen molar-refractivity contribution in [1.29, 1.82) is 0 Å². The summed E-state index contributed by atoms with van der Waals surface area (Å²) in [6.45, 7) is 0.622. The number of anilines is 1. The van der Waals surface area contributed by atoms with E-state index in [1.54, 1.807) is 34.8 Å². The first kappa shape index (κ1) is 23.0.